The Labute approximate surface area is 185 Å². The molecule has 0 unspecified atom stereocenters. The second kappa shape index (κ2) is 9.53. The van der Waals surface area contributed by atoms with Crippen molar-refractivity contribution in [1.82, 2.24) is 20.5 Å². The molecule has 0 atom stereocenters. The summed E-state index contributed by atoms with van der Waals surface area (Å²) in [5, 5.41) is 8.13. The summed E-state index contributed by atoms with van der Waals surface area (Å²) in [4.78, 5) is 21.9. The number of benzene rings is 1. The Balaban J connectivity index is 1.19. The van der Waals surface area contributed by atoms with Crippen LogP contribution in [0.2, 0.25) is 0 Å². The quantitative estimate of drug-likeness (QED) is 0.720. The predicted octanol–water partition coefficient (Wildman–Crippen LogP) is 3.06. The monoisotopic (exact) mass is 421 g/mol. The van der Waals surface area contributed by atoms with Gasteiger partial charge in [-0.1, -0.05) is 18.2 Å². The maximum absolute atomic E-state index is 12.1. The van der Waals surface area contributed by atoms with Crippen molar-refractivity contribution in [3.05, 3.63) is 35.9 Å². The van der Waals surface area contributed by atoms with Crippen molar-refractivity contribution in [1.29, 1.82) is 0 Å². The summed E-state index contributed by atoms with van der Waals surface area (Å²) in [6.45, 7) is 5.61. The van der Waals surface area contributed by atoms with Crippen molar-refractivity contribution in [3.8, 4) is 0 Å². The molecule has 1 aromatic heterocycles. The maximum Gasteiger partial charge on any atom is 0.234 e. The van der Waals surface area contributed by atoms with Crippen molar-refractivity contribution < 1.29 is 4.79 Å². The van der Waals surface area contributed by atoms with E-state index in [1.54, 1.807) is 0 Å². The highest BCUT2D eigenvalue weighted by molar-refractivity contribution is 5.82. The van der Waals surface area contributed by atoms with Crippen LogP contribution >= 0.6 is 0 Å². The number of amides is 1. The summed E-state index contributed by atoms with van der Waals surface area (Å²) >= 11 is 0. The van der Waals surface area contributed by atoms with Crippen molar-refractivity contribution in [2.45, 2.75) is 63.6 Å². The molecule has 166 valence electrons. The van der Waals surface area contributed by atoms with Crippen LogP contribution in [0.4, 0.5) is 5.82 Å². The van der Waals surface area contributed by atoms with Crippen LogP contribution in [0.15, 0.2) is 30.3 Å². The van der Waals surface area contributed by atoms with Gasteiger partial charge in [0.25, 0.3) is 0 Å². The molecular weight excluding hydrogens is 386 g/mol. The number of hydrogen-bond acceptors (Lipinski definition) is 5. The SMILES string of the molecule is O=C(CN1CCC(NCc2cc3ccccc3nc2N2CCCCC2)CC1)NC1CC1. The Bertz CT molecular complexity index is 898. The minimum absolute atomic E-state index is 0.197. The first kappa shape index (κ1) is 20.7. The summed E-state index contributed by atoms with van der Waals surface area (Å²) in [7, 11) is 0. The molecule has 0 radical (unpaired) electrons. The van der Waals surface area contributed by atoms with Gasteiger partial charge in [-0.25, -0.2) is 4.98 Å². The Morgan fingerprint density at radius 1 is 0.968 bits per heavy atom. The van der Waals surface area contributed by atoms with E-state index >= 15 is 0 Å². The van der Waals surface area contributed by atoms with E-state index in [1.165, 1.54) is 36.0 Å². The molecular formula is C25H35N5O. The summed E-state index contributed by atoms with van der Waals surface area (Å²) in [6.07, 6.45) is 8.34. The fourth-order valence-electron chi connectivity index (χ4n) is 4.91. The van der Waals surface area contributed by atoms with E-state index in [4.69, 9.17) is 4.98 Å². The van der Waals surface area contributed by atoms with E-state index in [-0.39, 0.29) is 5.91 Å². The van der Waals surface area contributed by atoms with Crippen molar-refractivity contribution >= 4 is 22.6 Å². The number of para-hydroxylation sites is 1. The predicted molar refractivity (Wildman–Crippen MR) is 125 cm³/mol. The molecule has 3 aliphatic rings. The molecule has 2 aromatic rings. The van der Waals surface area contributed by atoms with E-state index in [0.29, 0.717) is 18.6 Å². The normalized spacial score (nSPS) is 20.8. The minimum atomic E-state index is 0.197. The second-order valence-corrected chi connectivity index (χ2v) is 9.48. The van der Waals surface area contributed by atoms with Crippen molar-refractivity contribution in [2.75, 3.05) is 37.6 Å². The molecule has 5 rings (SSSR count). The van der Waals surface area contributed by atoms with Gasteiger partial charge in [0, 0.05) is 55.8 Å². The average molecular weight is 422 g/mol. The summed E-state index contributed by atoms with van der Waals surface area (Å²) in [6, 6.07) is 11.7. The average Bonchev–Trinajstić information content (AvgIpc) is 3.62. The van der Waals surface area contributed by atoms with Crippen LogP contribution in [0, 0.1) is 0 Å². The van der Waals surface area contributed by atoms with Crippen LogP contribution in [0.25, 0.3) is 10.9 Å². The van der Waals surface area contributed by atoms with Gasteiger partial charge < -0.3 is 15.5 Å². The molecule has 31 heavy (non-hydrogen) atoms. The van der Waals surface area contributed by atoms with E-state index in [2.05, 4.69) is 50.8 Å². The van der Waals surface area contributed by atoms with Crippen LogP contribution in [0.1, 0.15) is 50.5 Å². The largest absolute Gasteiger partial charge is 0.356 e. The molecule has 1 amide bonds. The zero-order valence-electron chi connectivity index (χ0n) is 18.5. The number of nitrogens with one attached hydrogen (secondary N) is 2. The van der Waals surface area contributed by atoms with Crippen LogP contribution in [0.3, 0.4) is 0 Å². The second-order valence-electron chi connectivity index (χ2n) is 9.48. The lowest BCUT2D eigenvalue weighted by Gasteiger charge is -2.33. The molecule has 3 fully saturated rings. The molecule has 2 saturated heterocycles. The third kappa shape index (κ3) is 5.36. The number of pyridine rings is 1. The molecule has 6 heteroatoms. The number of carbonyl (C=O) groups excluding carboxylic acids is 1. The highest BCUT2D eigenvalue weighted by atomic mass is 16.2. The smallest absolute Gasteiger partial charge is 0.234 e. The van der Waals surface area contributed by atoms with Crippen LogP contribution in [-0.4, -0.2) is 60.6 Å². The molecule has 0 spiro atoms. The van der Waals surface area contributed by atoms with Gasteiger partial charge in [0.05, 0.1) is 12.1 Å². The van der Waals surface area contributed by atoms with Gasteiger partial charge in [-0.2, -0.15) is 0 Å². The van der Waals surface area contributed by atoms with Gasteiger partial charge in [0.1, 0.15) is 5.82 Å². The molecule has 1 saturated carbocycles. The van der Waals surface area contributed by atoms with Crippen molar-refractivity contribution in [2.24, 2.45) is 0 Å². The van der Waals surface area contributed by atoms with Crippen molar-refractivity contribution in [3.63, 3.8) is 0 Å². The third-order valence-electron chi connectivity index (χ3n) is 6.91. The van der Waals surface area contributed by atoms with Gasteiger partial charge in [0.15, 0.2) is 0 Å². The molecule has 0 bridgehead atoms. The maximum atomic E-state index is 12.1. The van der Waals surface area contributed by atoms with Gasteiger partial charge in [0.2, 0.25) is 5.91 Å². The number of likely N-dealkylation sites (tertiary alicyclic amines) is 1. The number of piperidine rings is 2. The van der Waals surface area contributed by atoms with Crippen LogP contribution in [-0.2, 0) is 11.3 Å². The fraction of sp³-hybridized carbons (Fsp3) is 0.600. The first-order chi connectivity index (χ1) is 15.2. The van der Waals surface area contributed by atoms with Gasteiger partial charge in [-0.05, 0) is 57.1 Å². The summed E-state index contributed by atoms with van der Waals surface area (Å²) < 4.78 is 0. The lowest BCUT2D eigenvalue weighted by Crippen LogP contribution is -2.46. The zero-order chi connectivity index (χ0) is 21.0. The van der Waals surface area contributed by atoms with Gasteiger partial charge in [-0.15, -0.1) is 0 Å². The summed E-state index contributed by atoms with van der Waals surface area (Å²) in [5.41, 5.74) is 2.40. The van der Waals surface area contributed by atoms with E-state index in [1.807, 2.05) is 0 Å². The number of rotatable bonds is 7. The molecule has 1 aliphatic carbocycles. The number of nitrogens with zero attached hydrogens (tertiary/aromatic N) is 3. The standard InChI is InChI=1S/C25H35N5O/c31-24(27-22-8-9-22)18-29-14-10-21(11-15-29)26-17-20-16-19-6-2-3-7-23(19)28-25(20)30-12-4-1-5-13-30/h2-3,6-7,16,21-22,26H,1,4-5,8-15,17-18H2,(H,27,31). The first-order valence-electron chi connectivity index (χ1n) is 12.1. The van der Waals surface area contributed by atoms with Crippen LogP contribution in [0.5, 0.6) is 0 Å². The minimum Gasteiger partial charge on any atom is -0.356 e. The zero-order valence-corrected chi connectivity index (χ0v) is 18.5. The third-order valence-corrected chi connectivity index (χ3v) is 6.91. The Morgan fingerprint density at radius 2 is 1.74 bits per heavy atom. The lowest BCUT2D eigenvalue weighted by molar-refractivity contribution is -0.122. The van der Waals surface area contributed by atoms with E-state index < -0.39 is 0 Å². The van der Waals surface area contributed by atoms with E-state index in [0.717, 1.165) is 63.9 Å². The highest BCUT2D eigenvalue weighted by Crippen LogP contribution is 2.27. The molecule has 3 heterocycles. The fourth-order valence-corrected chi connectivity index (χ4v) is 4.91. The van der Waals surface area contributed by atoms with Crippen LogP contribution < -0.4 is 15.5 Å². The number of aromatic nitrogens is 1. The molecule has 2 N–H and O–H groups in total. The Hall–Kier alpha value is -2.18. The number of anilines is 1. The topological polar surface area (TPSA) is 60.5 Å². The first-order valence-corrected chi connectivity index (χ1v) is 12.1. The molecule has 6 nitrogen and oxygen atoms in total. The highest BCUT2D eigenvalue weighted by Gasteiger charge is 2.26. The Morgan fingerprint density at radius 3 is 2.52 bits per heavy atom. The lowest BCUT2D eigenvalue weighted by atomic mass is 10.0. The molecule has 2 aliphatic heterocycles. The summed E-state index contributed by atoms with van der Waals surface area (Å²) in [5.74, 6) is 1.36. The van der Waals surface area contributed by atoms with Gasteiger partial charge in [-0.3, -0.25) is 9.69 Å². The Kier molecular flexibility index (Phi) is 6.37. The number of fused-ring (bicyclic) bond motifs is 1. The van der Waals surface area contributed by atoms with E-state index in [9.17, 15) is 4.79 Å². The van der Waals surface area contributed by atoms with Gasteiger partial charge >= 0.3 is 0 Å². The number of hydrogen-bond donors (Lipinski definition) is 2. The number of carbonyl (C=O) groups is 1. The molecule has 1 aromatic carbocycles.